The molecule has 1 heterocycles. The first-order valence-corrected chi connectivity index (χ1v) is 5.78. The Morgan fingerprint density at radius 1 is 1.17 bits per heavy atom. The molecule has 0 bridgehead atoms. The SMILES string of the molecule is CCOC(=O)c1ccc2cc3c(cc2c1)OCO3. The number of benzene rings is 2. The van der Waals surface area contributed by atoms with E-state index in [0.717, 1.165) is 16.5 Å². The summed E-state index contributed by atoms with van der Waals surface area (Å²) < 4.78 is 15.6. The van der Waals surface area contributed by atoms with Crippen LogP contribution in [-0.4, -0.2) is 19.4 Å². The Hall–Kier alpha value is -2.23. The molecule has 0 aromatic heterocycles. The highest BCUT2D eigenvalue weighted by molar-refractivity contribution is 5.96. The van der Waals surface area contributed by atoms with Crippen molar-refractivity contribution in [2.24, 2.45) is 0 Å². The van der Waals surface area contributed by atoms with Crippen molar-refractivity contribution in [3.63, 3.8) is 0 Å². The van der Waals surface area contributed by atoms with Gasteiger partial charge in [-0.3, -0.25) is 0 Å². The third-order valence-corrected chi connectivity index (χ3v) is 2.84. The molecule has 0 radical (unpaired) electrons. The molecule has 0 N–H and O–H groups in total. The van der Waals surface area contributed by atoms with Crippen molar-refractivity contribution in [1.29, 1.82) is 0 Å². The minimum absolute atomic E-state index is 0.246. The van der Waals surface area contributed by atoms with Gasteiger partial charge in [0.1, 0.15) is 0 Å². The van der Waals surface area contributed by atoms with Gasteiger partial charge in [0.05, 0.1) is 12.2 Å². The molecule has 0 spiro atoms. The van der Waals surface area contributed by atoms with Gasteiger partial charge in [-0.25, -0.2) is 4.79 Å². The summed E-state index contributed by atoms with van der Waals surface area (Å²) in [6.07, 6.45) is 0. The summed E-state index contributed by atoms with van der Waals surface area (Å²) in [5.74, 6) is 1.15. The molecule has 18 heavy (non-hydrogen) atoms. The number of hydrogen-bond acceptors (Lipinski definition) is 4. The van der Waals surface area contributed by atoms with Gasteiger partial charge in [-0.2, -0.15) is 0 Å². The van der Waals surface area contributed by atoms with Gasteiger partial charge in [0.25, 0.3) is 0 Å². The van der Waals surface area contributed by atoms with Crippen LogP contribution in [0.5, 0.6) is 11.5 Å². The Bertz CT molecular complexity index is 618. The fourth-order valence-corrected chi connectivity index (χ4v) is 1.98. The Morgan fingerprint density at radius 3 is 2.61 bits per heavy atom. The van der Waals surface area contributed by atoms with E-state index < -0.39 is 0 Å². The maximum Gasteiger partial charge on any atom is 0.338 e. The highest BCUT2D eigenvalue weighted by Gasteiger charge is 2.15. The summed E-state index contributed by atoms with van der Waals surface area (Å²) in [6, 6.07) is 9.22. The molecule has 2 aromatic rings. The molecule has 92 valence electrons. The molecule has 0 saturated heterocycles. The fraction of sp³-hybridized carbons (Fsp3) is 0.214. The molecule has 0 fully saturated rings. The highest BCUT2D eigenvalue weighted by Crippen LogP contribution is 2.36. The quantitative estimate of drug-likeness (QED) is 0.762. The van der Waals surface area contributed by atoms with Crippen molar-refractivity contribution in [2.45, 2.75) is 6.92 Å². The number of esters is 1. The van der Waals surface area contributed by atoms with Crippen molar-refractivity contribution in [3.8, 4) is 11.5 Å². The van der Waals surface area contributed by atoms with E-state index >= 15 is 0 Å². The van der Waals surface area contributed by atoms with Crippen molar-refractivity contribution in [1.82, 2.24) is 0 Å². The van der Waals surface area contributed by atoms with Crippen molar-refractivity contribution in [3.05, 3.63) is 35.9 Å². The van der Waals surface area contributed by atoms with Crippen LogP contribution in [0.2, 0.25) is 0 Å². The van der Waals surface area contributed by atoms with Crippen molar-refractivity contribution >= 4 is 16.7 Å². The van der Waals surface area contributed by atoms with Gasteiger partial charge in [0.2, 0.25) is 6.79 Å². The van der Waals surface area contributed by atoms with Crippen LogP contribution in [0.15, 0.2) is 30.3 Å². The summed E-state index contributed by atoms with van der Waals surface area (Å²) in [5.41, 5.74) is 0.545. The second-order valence-corrected chi connectivity index (χ2v) is 3.99. The normalized spacial score (nSPS) is 12.7. The molecular formula is C14H12O4. The molecule has 0 saturated carbocycles. The molecule has 1 aliphatic rings. The van der Waals surface area contributed by atoms with E-state index in [-0.39, 0.29) is 12.8 Å². The molecule has 1 aliphatic heterocycles. The smallest absolute Gasteiger partial charge is 0.338 e. The summed E-state index contributed by atoms with van der Waals surface area (Å²) in [6.45, 7) is 2.41. The lowest BCUT2D eigenvalue weighted by atomic mass is 10.1. The van der Waals surface area contributed by atoms with Gasteiger partial charge < -0.3 is 14.2 Å². The van der Waals surface area contributed by atoms with Gasteiger partial charge in [0.15, 0.2) is 11.5 Å². The summed E-state index contributed by atoms with van der Waals surface area (Å²) in [7, 11) is 0. The fourth-order valence-electron chi connectivity index (χ4n) is 1.98. The van der Waals surface area contributed by atoms with E-state index in [4.69, 9.17) is 14.2 Å². The summed E-state index contributed by atoms with van der Waals surface area (Å²) >= 11 is 0. The lowest BCUT2D eigenvalue weighted by molar-refractivity contribution is 0.0526. The zero-order valence-corrected chi connectivity index (χ0v) is 9.93. The summed E-state index contributed by atoms with van der Waals surface area (Å²) in [5, 5.41) is 1.94. The monoisotopic (exact) mass is 244 g/mol. The number of carbonyl (C=O) groups excluding carboxylic acids is 1. The maximum absolute atomic E-state index is 11.6. The number of carbonyl (C=O) groups is 1. The van der Waals surface area contributed by atoms with Crippen LogP contribution in [0.4, 0.5) is 0 Å². The topological polar surface area (TPSA) is 44.8 Å². The molecule has 3 rings (SSSR count). The standard InChI is InChI=1S/C14H12O4/c1-2-16-14(15)10-4-3-9-6-12-13(18-8-17-12)7-11(9)5-10/h3-7H,2,8H2,1H3. The van der Waals surface area contributed by atoms with E-state index in [1.54, 1.807) is 19.1 Å². The van der Waals surface area contributed by atoms with Crippen LogP contribution >= 0.6 is 0 Å². The Morgan fingerprint density at radius 2 is 1.89 bits per heavy atom. The first kappa shape index (κ1) is 10.9. The molecule has 4 heteroatoms. The minimum Gasteiger partial charge on any atom is -0.462 e. The first-order chi connectivity index (χ1) is 8.78. The van der Waals surface area contributed by atoms with E-state index in [9.17, 15) is 4.79 Å². The number of fused-ring (bicyclic) bond motifs is 2. The second kappa shape index (κ2) is 4.22. The third kappa shape index (κ3) is 1.76. The van der Waals surface area contributed by atoms with Gasteiger partial charge in [-0.15, -0.1) is 0 Å². The molecule has 0 aliphatic carbocycles. The Labute approximate surface area is 104 Å². The number of rotatable bonds is 2. The lowest BCUT2D eigenvalue weighted by Gasteiger charge is -2.04. The predicted octanol–water partition coefficient (Wildman–Crippen LogP) is 2.75. The van der Waals surface area contributed by atoms with E-state index in [1.165, 1.54) is 0 Å². The lowest BCUT2D eigenvalue weighted by Crippen LogP contribution is -2.04. The maximum atomic E-state index is 11.6. The molecule has 2 aromatic carbocycles. The molecular weight excluding hydrogens is 232 g/mol. The van der Waals surface area contributed by atoms with Crippen LogP contribution in [0, 0.1) is 0 Å². The second-order valence-electron chi connectivity index (χ2n) is 3.99. The summed E-state index contributed by atoms with van der Waals surface area (Å²) in [4.78, 5) is 11.6. The molecule has 0 unspecified atom stereocenters. The van der Waals surface area contributed by atoms with Crippen LogP contribution in [0.25, 0.3) is 10.8 Å². The predicted molar refractivity (Wildman–Crippen MR) is 66.0 cm³/mol. The van der Waals surface area contributed by atoms with Gasteiger partial charge in [-0.05, 0) is 42.0 Å². The minimum atomic E-state index is -0.308. The van der Waals surface area contributed by atoms with E-state index in [1.807, 2.05) is 18.2 Å². The molecule has 0 amide bonds. The third-order valence-electron chi connectivity index (χ3n) is 2.84. The zero-order chi connectivity index (χ0) is 12.5. The van der Waals surface area contributed by atoms with Gasteiger partial charge in [-0.1, -0.05) is 6.07 Å². The van der Waals surface area contributed by atoms with Crippen LogP contribution in [0.1, 0.15) is 17.3 Å². The molecule has 4 nitrogen and oxygen atoms in total. The highest BCUT2D eigenvalue weighted by atomic mass is 16.7. The van der Waals surface area contributed by atoms with Gasteiger partial charge in [0, 0.05) is 0 Å². The van der Waals surface area contributed by atoms with Crippen molar-refractivity contribution in [2.75, 3.05) is 13.4 Å². The Kier molecular flexibility index (Phi) is 2.55. The zero-order valence-electron chi connectivity index (χ0n) is 9.93. The first-order valence-electron chi connectivity index (χ1n) is 5.78. The van der Waals surface area contributed by atoms with E-state index in [0.29, 0.717) is 17.9 Å². The van der Waals surface area contributed by atoms with Crippen LogP contribution < -0.4 is 9.47 Å². The average Bonchev–Trinajstić information content (AvgIpc) is 2.82. The van der Waals surface area contributed by atoms with Crippen LogP contribution in [-0.2, 0) is 4.74 Å². The van der Waals surface area contributed by atoms with Crippen LogP contribution in [0.3, 0.4) is 0 Å². The average molecular weight is 244 g/mol. The van der Waals surface area contributed by atoms with E-state index in [2.05, 4.69) is 0 Å². The number of hydrogen-bond donors (Lipinski definition) is 0. The molecule has 0 atom stereocenters. The largest absolute Gasteiger partial charge is 0.462 e. The van der Waals surface area contributed by atoms with Gasteiger partial charge >= 0.3 is 5.97 Å². The van der Waals surface area contributed by atoms with Crippen molar-refractivity contribution < 1.29 is 19.0 Å². The number of ether oxygens (including phenoxy) is 3. The Balaban J connectivity index is 2.06.